The standard InChI is InChI=1S/C15H14FNO2S.C3H6F2N2O.C2H6/c1-20(19)17(14-5-3-2-4-6-14)10-13-8-7-12(11-18)9-15(13)16;1-6-7-3(8)2(4)5;1-2/h2-9,11H,10H2,1H3;2,6H,1H3,(H,7,8);1-2H3. The van der Waals surface area contributed by atoms with E-state index in [4.69, 9.17) is 0 Å². The molecule has 0 aliphatic heterocycles. The lowest BCUT2D eigenvalue weighted by atomic mass is 10.1. The highest BCUT2D eigenvalue weighted by molar-refractivity contribution is 7.85. The molecule has 1 amide bonds. The number of halogens is 3. The molecule has 10 heteroatoms. The van der Waals surface area contributed by atoms with Crippen molar-refractivity contribution in [2.75, 3.05) is 17.6 Å². The minimum absolute atomic E-state index is 0.179. The van der Waals surface area contributed by atoms with Crippen LogP contribution < -0.4 is 15.2 Å². The van der Waals surface area contributed by atoms with Crippen LogP contribution in [0.3, 0.4) is 0 Å². The lowest BCUT2D eigenvalue weighted by Gasteiger charge is -2.22. The molecule has 0 radical (unpaired) electrons. The van der Waals surface area contributed by atoms with Gasteiger partial charge in [0, 0.05) is 30.1 Å². The molecule has 0 spiro atoms. The summed E-state index contributed by atoms with van der Waals surface area (Å²) in [5, 5.41) is 0. The van der Waals surface area contributed by atoms with Crippen LogP contribution in [0.15, 0.2) is 48.5 Å². The molecule has 2 aromatic rings. The second-order valence-electron chi connectivity index (χ2n) is 5.30. The molecule has 0 aliphatic carbocycles. The fourth-order valence-corrected chi connectivity index (χ4v) is 2.76. The maximum Gasteiger partial charge on any atom is 0.316 e. The lowest BCUT2D eigenvalue weighted by molar-refractivity contribution is -0.132. The molecule has 6 nitrogen and oxygen atoms in total. The summed E-state index contributed by atoms with van der Waals surface area (Å²) in [6.45, 7) is 4.18. The van der Waals surface area contributed by atoms with E-state index in [2.05, 4.69) is 5.43 Å². The van der Waals surface area contributed by atoms with E-state index in [0.717, 1.165) is 5.69 Å². The first-order chi connectivity index (χ1) is 14.3. The van der Waals surface area contributed by atoms with Crippen molar-refractivity contribution >= 4 is 28.9 Å². The van der Waals surface area contributed by atoms with Gasteiger partial charge in [0.25, 0.3) is 0 Å². The van der Waals surface area contributed by atoms with Crippen molar-refractivity contribution < 1.29 is 27.0 Å². The molecule has 0 saturated carbocycles. The molecule has 0 aromatic heterocycles. The quantitative estimate of drug-likeness (QED) is 0.505. The van der Waals surface area contributed by atoms with Gasteiger partial charge in [0.05, 0.1) is 6.54 Å². The lowest BCUT2D eigenvalue weighted by Crippen LogP contribution is -2.38. The van der Waals surface area contributed by atoms with Crippen LogP contribution in [-0.4, -0.2) is 36.1 Å². The Balaban J connectivity index is 0.000000712. The van der Waals surface area contributed by atoms with E-state index in [1.54, 1.807) is 28.1 Å². The molecule has 2 rings (SSSR count). The number of aldehydes is 1. The second-order valence-corrected chi connectivity index (χ2v) is 6.59. The SMILES string of the molecule is CC.CNNC(=O)C(F)F.CS(=O)N(Cc1ccc(C=O)cc1F)c1ccccc1. The van der Waals surface area contributed by atoms with Crippen LogP contribution >= 0.6 is 0 Å². The van der Waals surface area contributed by atoms with Gasteiger partial charge >= 0.3 is 12.3 Å². The minimum atomic E-state index is -2.94. The predicted molar refractivity (Wildman–Crippen MR) is 113 cm³/mol. The number of hydrogen-bond acceptors (Lipinski definition) is 4. The van der Waals surface area contributed by atoms with Crippen LogP contribution in [-0.2, 0) is 22.3 Å². The topological polar surface area (TPSA) is 78.5 Å². The Morgan fingerprint density at radius 2 is 1.77 bits per heavy atom. The van der Waals surface area contributed by atoms with Crippen LogP contribution in [0.1, 0.15) is 29.8 Å². The molecule has 166 valence electrons. The third kappa shape index (κ3) is 9.66. The van der Waals surface area contributed by atoms with Crippen molar-refractivity contribution in [3.63, 3.8) is 0 Å². The highest BCUT2D eigenvalue weighted by Crippen LogP contribution is 2.20. The highest BCUT2D eigenvalue weighted by atomic mass is 32.2. The van der Waals surface area contributed by atoms with E-state index in [9.17, 15) is 27.0 Å². The molecule has 0 saturated heterocycles. The van der Waals surface area contributed by atoms with Crippen molar-refractivity contribution in [1.29, 1.82) is 0 Å². The van der Waals surface area contributed by atoms with Gasteiger partial charge in [-0.05, 0) is 18.2 Å². The average Bonchev–Trinajstić information content (AvgIpc) is 2.75. The van der Waals surface area contributed by atoms with Gasteiger partial charge in [-0.15, -0.1) is 0 Å². The number of anilines is 1. The summed E-state index contributed by atoms with van der Waals surface area (Å²) in [6, 6.07) is 13.4. The Morgan fingerprint density at radius 1 is 1.17 bits per heavy atom. The highest BCUT2D eigenvalue weighted by Gasteiger charge is 2.14. The first kappa shape index (κ1) is 27.3. The van der Waals surface area contributed by atoms with Crippen LogP contribution in [0.2, 0.25) is 0 Å². The first-order valence-corrected chi connectivity index (χ1v) is 10.5. The summed E-state index contributed by atoms with van der Waals surface area (Å²) >= 11 is 0. The molecule has 1 atom stereocenters. The zero-order valence-corrected chi connectivity index (χ0v) is 18.0. The number of nitrogens with one attached hydrogen (secondary N) is 2. The molecule has 1 unspecified atom stereocenters. The monoisotopic (exact) mass is 445 g/mol. The van der Waals surface area contributed by atoms with Gasteiger partial charge in [0.15, 0.2) is 0 Å². The maximum absolute atomic E-state index is 13.9. The summed E-state index contributed by atoms with van der Waals surface area (Å²) in [4.78, 5) is 20.4. The van der Waals surface area contributed by atoms with Crippen molar-refractivity contribution in [2.45, 2.75) is 26.8 Å². The van der Waals surface area contributed by atoms with Crippen molar-refractivity contribution in [3.8, 4) is 0 Å². The predicted octanol–water partition coefficient (Wildman–Crippen LogP) is 3.47. The van der Waals surface area contributed by atoms with Crippen molar-refractivity contribution in [2.24, 2.45) is 0 Å². The molecular weight excluding hydrogens is 419 g/mol. The molecule has 0 bridgehead atoms. The van der Waals surface area contributed by atoms with Gasteiger partial charge in [-0.2, -0.15) is 8.78 Å². The number of amides is 1. The number of benzene rings is 2. The zero-order chi connectivity index (χ0) is 23.1. The molecule has 0 fully saturated rings. The second kappa shape index (κ2) is 15.2. The van der Waals surface area contributed by atoms with Crippen LogP contribution in [0.4, 0.5) is 18.9 Å². The van der Waals surface area contributed by atoms with E-state index in [1.165, 1.54) is 13.1 Å². The van der Waals surface area contributed by atoms with E-state index in [0.29, 0.717) is 11.8 Å². The number of alkyl halides is 2. The third-order valence-electron chi connectivity index (χ3n) is 3.33. The first-order valence-electron chi connectivity index (χ1n) is 8.94. The fourth-order valence-electron chi connectivity index (χ4n) is 2.02. The number of para-hydroxylation sites is 1. The van der Waals surface area contributed by atoms with Gasteiger partial charge < -0.3 is 0 Å². The summed E-state index contributed by atoms with van der Waals surface area (Å²) in [6.07, 6.45) is -0.799. The maximum atomic E-state index is 13.9. The van der Waals surface area contributed by atoms with Crippen LogP contribution in [0.5, 0.6) is 0 Å². The summed E-state index contributed by atoms with van der Waals surface area (Å²) in [7, 11) is 0.0605. The largest absolute Gasteiger partial charge is 0.316 e. The van der Waals surface area contributed by atoms with Gasteiger partial charge in [-0.3, -0.25) is 19.3 Å². The van der Waals surface area contributed by atoms with E-state index in [1.807, 2.05) is 44.2 Å². The Labute approximate surface area is 177 Å². The van der Waals surface area contributed by atoms with Gasteiger partial charge in [0.2, 0.25) is 0 Å². The average molecular weight is 446 g/mol. The van der Waals surface area contributed by atoms with Crippen molar-refractivity contribution in [3.05, 3.63) is 65.5 Å². The number of carbonyl (C=O) groups excluding carboxylic acids is 2. The smallest absolute Gasteiger partial charge is 0.298 e. The molecule has 30 heavy (non-hydrogen) atoms. The molecular formula is C20H26F3N3O3S. The van der Waals surface area contributed by atoms with E-state index < -0.39 is 29.1 Å². The molecule has 2 N–H and O–H groups in total. The Morgan fingerprint density at radius 3 is 2.17 bits per heavy atom. The fraction of sp³-hybridized carbons (Fsp3) is 0.300. The Hall–Kier alpha value is -2.72. The summed E-state index contributed by atoms with van der Waals surface area (Å²) in [5.74, 6) is -1.78. The minimum Gasteiger partial charge on any atom is -0.298 e. The van der Waals surface area contributed by atoms with Gasteiger partial charge in [0.1, 0.15) is 23.1 Å². The van der Waals surface area contributed by atoms with Crippen LogP contribution in [0.25, 0.3) is 0 Å². The Bertz CT molecular complexity index is 808. The molecule has 0 heterocycles. The number of hydrazine groups is 1. The normalized spacial score (nSPS) is 10.7. The van der Waals surface area contributed by atoms with E-state index >= 15 is 0 Å². The third-order valence-corrected chi connectivity index (χ3v) is 4.29. The number of nitrogens with zero attached hydrogens (tertiary/aromatic N) is 1. The number of carbonyl (C=O) groups is 2. The Kier molecular flexibility index (Phi) is 13.8. The van der Waals surface area contributed by atoms with Crippen LogP contribution in [0, 0.1) is 5.82 Å². The van der Waals surface area contributed by atoms with Crippen molar-refractivity contribution in [1.82, 2.24) is 10.9 Å². The molecule has 0 aliphatic rings. The summed E-state index contributed by atoms with van der Waals surface area (Å²) in [5.41, 5.74) is 5.22. The van der Waals surface area contributed by atoms with E-state index in [-0.39, 0.29) is 12.1 Å². The molecule has 2 aromatic carbocycles. The number of rotatable bonds is 7. The van der Waals surface area contributed by atoms with Gasteiger partial charge in [-0.25, -0.2) is 14.0 Å². The zero-order valence-electron chi connectivity index (χ0n) is 17.2. The number of hydrogen-bond donors (Lipinski definition) is 2. The van der Waals surface area contributed by atoms with Gasteiger partial charge in [-0.1, -0.05) is 44.2 Å². The summed E-state index contributed by atoms with van der Waals surface area (Å²) < 4.78 is 49.7.